The third-order valence-corrected chi connectivity index (χ3v) is 7.03. The average molecular weight is 564 g/mol. The summed E-state index contributed by atoms with van der Waals surface area (Å²) in [6, 6.07) is 7.00. The van der Waals surface area contributed by atoms with Crippen LogP contribution >= 0.6 is 92.2 Å². The zero-order valence-corrected chi connectivity index (χ0v) is 18.8. The molecule has 8 heteroatoms. The summed E-state index contributed by atoms with van der Waals surface area (Å²) in [6.07, 6.45) is 3.47. The Labute approximate surface area is 188 Å². The lowest BCUT2D eigenvalue weighted by Gasteiger charge is -2.12. The molecule has 1 aromatic heterocycles. The Balaban J connectivity index is 2.19. The number of aromatic nitrogens is 1. The summed E-state index contributed by atoms with van der Waals surface area (Å²) in [7, 11) is 0. The Morgan fingerprint density at radius 1 is 0.600 bits per heavy atom. The highest BCUT2D eigenvalue weighted by Crippen LogP contribution is 2.40. The Kier molecular flexibility index (Phi) is 6.32. The van der Waals surface area contributed by atoms with Crippen LogP contribution < -0.4 is 0 Å². The standard InChI is InChI=1S/C17H6Cl6IN/c18-11-1-7(2-12(19)15(11)22)9-5-25-6-10(17(9)24)8-3-13(20)16(23)14(21)4-8/h1-6H. The Hall–Kier alpha value is 0.0600. The minimum absolute atomic E-state index is 0.322. The van der Waals surface area contributed by atoms with Crippen LogP contribution in [-0.4, -0.2) is 4.98 Å². The van der Waals surface area contributed by atoms with Gasteiger partial charge in [-0.05, 0) is 58.0 Å². The first-order valence-electron chi connectivity index (χ1n) is 6.73. The second kappa shape index (κ2) is 7.97. The Morgan fingerprint density at radius 2 is 0.920 bits per heavy atom. The van der Waals surface area contributed by atoms with E-state index in [4.69, 9.17) is 69.6 Å². The van der Waals surface area contributed by atoms with E-state index in [9.17, 15) is 0 Å². The molecule has 0 saturated carbocycles. The normalized spacial score (nSPS) is 11.0. The van der Waals surface area contributed by atoms with Gasteiger partial charge < -0.3 is 0 Å². The predicted octanol–water partition coefficient (Wildman–Crippen LogP) is 8.94. The average Bonchev–Trinajstić information content (AvgIpc) is 2.57. The fourth-order valence-electron chi connectivity index (χ4n) is 2.27. The van der Waals surface area contributed by atoms with Crippen molar-refractivity contribution in [2.24, 2.45) is 0 Å². The fourth-order valence-corrected chi connectivity index (χ4v) is 4.36. The third-order valence-electron chi connectivity index (χ3n) is 3.47. The molecule has 128 valence electrons. The van der Waals surface area contributed by atoms with Crippen molar-refractivity contribution in [3.05, 3.63) is 70.4 Å². The van der Waals surface area contributed by atoms with Gasteiger partial charge in [0.2, 0.25) is 0 Å². The molecule has 0 saturated heterocycles. The van der Waals surface area contributed by atoms with Gasteiger partial charge in [0.25, 0.3) is 0 Å². The molecule has 0 atom stereocenters. The molecule has 0 aliphatic heterocycles. The van der Waals surface area contributed by atoms with Gasteiger partial charge in [-0.15, -0.1) is 0 Å². The van der Waals surface area contributed by atoms with Crippen molar-refractivity contribution < 1.29 is 0 Å². The number of benzene rings is 2. The van der Waals surface area contributed by atoms with Crippen LogP contribution in [0.25, 0.3) is 22.3 Å². The Morgan fingerprint density at radius 3 is 1.24 bits per heavy atom. The molecule has 25 heavy (non-hydrogen) atoms. The highest BCUT2D eigenvalue weighted by atomic mass is 127. The van der Waals surface area contributed by atoms with Gasteiger partial charge in [-0.25, -0.2) is 0 Å². The third kappa shape index (κ3) is 4.01. The Bertz CT molecular complexity index is 867. The summed E-state index contributed by atoms with van der Waals surface area (Å²) in [6.45, 7) is 0. The van der Waals surface area contributed by atoms with Gasteiger partial charge in [0, 0.05) is 27.1 Å². The van der Waals surface area contributed by atoms with Gasteiger partial charge in [-0.3, -0.25) is 4.98 Å². The van der Waals surface area contributed by atoms with E-state index in [0.717, 1.165) is 25.8 Å². The van der Waals surface area contributed by atoms with Gasteiger partial charge in [-0.2, -0.15) is 0 Å². The van der Waals surface area contributed by atoms with E-state index in [-0.39, 0.29) is 0 Å². The molecule has 0 unspecified atom stereocenters. The summed E-state index contributed by atoms with van der Waals surface area (Å²) in [5, 5.41) is 2.15. The molecule has 2 aromatic carbocycles. The fraction of sp³-hybridized carbons (Fsp3) is 0. The van der Waals surface area contributed by atoms with Gasteiger partial charge >= 0.3 is 0 Å². The van der Waals surface area contributed by atoms with Gasteiger partial charge in [0.1, 0.15) is 0 Å². The predicted molar refractivity (Wildman–Crippen MR) is 118 cm³/mol. The molecule has 0 aliphatic rings. The summed E-state index contributed by atoms with van der Waals surface area (Å²) in [5.41, 5.74) is 3.34. The molecule has 0 bridgehead atoms. The monoisotopic (exact) mass is 561 g/mol. The highest BCUT2D eigenvalue weighted by molar-refractivity contribution is 14.1. The van der Waals surface area contributed by atoms with Gasteiger partial charge in [0.15, 0.2) is 0 Å². The summed E-state index contributed by atoms with van der Waals surface area (Å²) >= 11 is 38.9. The van der Waals surface area contributed by atoms with Crippen LogP contribution in [-0.2, 0) is 0 Å². The van der Waals surface area contributed by atoms with E-state index in [1.807, 2.05) is 0 Å². The van der Waals surface area contributed by atoms with E-state index in [1.54, 1.807) is 36.7 Å². The van der Waals surface area contributed by atoms with E-state index < -0.39 is 0 Å². The quantitative estimate of drug-likeness (QED) is 0.224. The van der Waals surface area contributed by atoms with Crippen molar-refractivity contribution >= 4 is 92.2 Å². The first kappa shape index (κ1) is 19.8. The maximum Gasteiger partial charge on any atom is 0.0778 e. The molecular formula is C17H6Cl6IN. The zero-order valence-electron chi connectivity index (χ0n) is 12.1. The van der Waals surface area contributed by atoms with Crippen LogP contribution in [0, 0.1) is 3.57 Å². The molecule has 1 heterocycles. The smallest absolute Gasteiger partial charge is 0.0778 e. The summed E-state index contributed by atoms with van der Waals surface area (Å²) in [4.78, 5) is 4.32. The largest absolute Gasteiger partial charge is 0.263 e. The van der Waals surface area contributed by atoms with Crippen LogP contribution in [0.4, 0.5) is 0 Å². The van der Waals surface area contributed by atoms with Crippen LogP contribution in [0.2, 0.25) is 30.1 Å². The van der Waals surface area contributed by atoms with Crippen molar-refractivity contribution in [2.45, 2.75) is 0 Å². The second-order valence-electron chi connectivity index (χ2n) is 5.06. The van der Waals surface area contributed by atoms with E-state index in [1.165, 1.54) is 0 Å². The minimum Gasteiger partial charge on any atom is -0.263 e. The first-order chi connectivity index (χ1) is 11.8. The maximum absolute atomic E-state index is 6.15. The van der Waals surface area contributed by atoms with Crippen LogP contribution in [0.3, 0.4) is 0 Å². The highest BCUT2D eigenvalue weighted by Gasteiger charge is 2.15. The van der Waals surface area contributed by atoms with Crippen molar-refractivity contribution in [1.29, 1.82) is 0 Å². The first-order valence-corrected chi connectivity index (χ1v) is 10.1. The second-order valence-corrected chi connectivity index (χ2v) is 8.52. The van der Waals surface area contributed by atoms with Gasteiger partial charge in [0.05, 0.1) is 30.1 Å². The number of rotatable bonds is 2. The lowest BCUT2D eigenvalue weighted by Crippen LogP contribution is -1.92. The molecule has 0 fully saturated rings. The molecule has 3 aromatic rings. The van der Waals surface area contributed by atoms with Crippen LogP contribution in [0.1, 0.15) is 0 Å². The molecule has 1 nitrogen and oxygen atoms in total. The molecule has 0 amide bonds. The van der Waals surface area contributed by atoms with Crippen molar-refractivity contribution in [3.63, 3.8) is 0 Å². The summed E-state index contributed by atoms with van der Waals surface area (Å²) < 4.78 is 0.941. The number of hydrogen-bond donors (Lipinski definition) is 0. The number of nitrogens with zero attached hydrogens (tertiary/aromatic N) is 1. The van der Waals surface area contributed by atoms with E-state index in [2.05, 4.69) is 27.6 Å². The topological polar surface area (TPSA) is 12.9 Å². The number of hydrogen-bond acceptors (Lipinski definition) is 1. The molecule has 0 spiro atoms. The van der Waals surface area contributed by atoms with E-state index in [0.29, 0.717) is 30.1 Å². The van der Waals surface area contributed by atoms with Gasteiger partial charge in [-0.1, -0.05) is 69.6 Å². The SMILES string of the molecule is Clc1cc(-c2cncc(-c3cc(Cl)c(Cl)c(Cl)c3)c2I)cc(Cl)c1Cl. The molecular weight excluding hydrogens is 558 g/mol. The number of pyridine rings is 1. The maximum atomic E-state index is 6.15. The molecule has 3 rings (SSSR count). The van der Waals surface area contributed by atoms with E-state index >= 15 is 0 Å². The van der Waals surface area contributed by atoms with Crippen molar-refractivity contribution in [1.82, 2.24) is 4.98 Å². The molecule has 0 N–H and O–H groups in total. The van der Waals surface area contributed by atoms with Crippen LogP contribution in [0.5, 0.6) is 0 Å². The summed E-state index contributed by atoms with van der Waals surface area (Å²) in [5.74, 6) is 0. The lowest BCUT2D eigenvalue weighted by molar-refractivity contribution is 1.31. The van der Waals surface area contributed by atoms with Crippen molar-refractivity contribution in [2.75, 3.05) is 0 Å². The lowest BCUT2D eigenvalue weighted by atomic mass is 10.0. The number of halogens is 7. The van der Waals surface area contributed by atoms with Crippen molar-refractivity contribution in [3.8, 4) is 22.3 Å². The zero-order chi connectivity index (χ0) is 18.3. The minimum atomic E-state index is 0.322. The molecule has 0 aliphatic carbocycles. The van der Waals surface area contributed by atoms with Crippen LogP contribution in [0.15, 0.2) is 36.7 Å². The molecule has 0 radical (unpaired) electrons.